The van der Waals surface area contributed by atoms with E-state index in [2.05, 4.69) is 5.32 Å². The van der Waals surface area contributed by atoms with Crippen LogP contribution in [0.2, 0.25) is 0 Å². The molecule has 5 rings (SSSR count). The van der Waals surface area contributed by atoms with E-state index in [9.17, 15) is 9.59 Å². The lowest BCUT2D eigenvalue weighted by Crippen LogP contribution is -2.46. The molecule has 0 bridgehead atoms. The van der Waals surface area contributed by atoms with E-state index < -0.39 is 12.0 Å². The Labute approximate surface area is 212 Å². The van der Waals surface area contributed by atoms with Gasteiger partial charge < -0.3 is 14.8 Å². The summed E-state index contributed by atoms with van der Waals surface area (Å²) in [4.78, 5) is 27.9. The molecule has 0 saturated heterocycles. The van der Waals surface area contributed by atoms with E-state index in [1.165, 1.54) is 6.42 Å². The number of amides is 2. The minimum absolute atomic E-state index is 0.0168. The number of imide groups is 1. The first kappa shape index (κ1) is 23.9. The van der Waals surface area contributed by atoms with Crippen LogP contribution in [0.5, 0.6) is 11.5 Å². The summed E-state index contributed by atoms with van der Waals surface area (Å²) in [5.41, 5.74) is 5.10. The van der Waals surface area contributed by atoms with Crippen LogP contribution in [0.25, 0.3) is 0 Å². The van der Waals surface area contributed by atoms with Crippen LogP contribution in [-0.2, 0) is 11.2 Å². The molecule has 0 aromatic heterocycles. The quantitative estimate of drug-likeness (QED) is 0.447. The van der Waals surface area contributed by atoms with Gasteiger partial charge in [-0.25, -0.2) is 9.69 Å². The van der Waals surface area contributed by atoms with Gasteiger partial charge in [-0.2, -0.15) is 0 Å². The van der Waals surface area contributed by atoms with Crippen molar-refractivity contribution in [3.05, 3.63) is 82.9 Å². The monoisotopic (exact) mass is 484 g/mol. The molecule has 1 aliphatic heterocycles. The average molecular weight is 485 g/mol. The molecule has 2 aliphatic rings. The van der Waals surface area contributed by atoms with E-state index in [0.717, 1.165) is 64.3 Å². The number of carbonyl (C=O) groups excluding carboxylic acids is 2. The van der Waals surface area contributed by atoms with E-state index in [0.29, 0.717) is 11.4 Å². The molecule has 3 aromatic carbocycles. The minimum atomic E-state index is -0.723. The van der Waals surface area contributed by atoms with Gasteiger partial charge in [0.25, 0.3) is 5.91 Å². The Balaban J connectivity index is 1.42. The van der Waals surface area contributed by atoms with Gasteiger partial charge in [0.1, 0.15) is 17.1 Å². The van der Waals surface area contributed by atoms with Crippen molar-refractivity contribution >= 4 is 23.4 Å². The highest BCUT2D eigenvalue weighted by atomic mass is 16.6. The van der Waals surface area contributed by atoms with Gasteiger partial charge in [-0.1, -0.05) is 36.4 Å². The molecule has 6 heteroatoms. The highest BCUT2D eigenvalue weighted by Gasteiger charge is 2.43. The molecule has 3 aromatic rings. The first-order valence-corrected chi connectivity index (χ1v) is 12.6. The molecule has 1 aliphatic carbocycles. The lowest BCUT2D eigenvalue weighted by molar-refractivity contribution is -0.116. The number of nitrogens with one attached hydrogen (secondary N) is 1. The highest BCUT2D eigenvalue weighted by Crippen LogP contribution is 2.49. The molecule has 2 amide bonds. The van der Waals surface area contributed by atoms with Crippen molar-refractivity contribution in [2.24, 2.45) is 0 Å². The molecule has 6 nitrogen and oxygen atoms in total. The van der Waals surface area contributed by atoms with E-state index in [4.69, 9.17) is 9.47 Å². The Hall–Kier alpha value is -3.80. The van der Waals surface area contributed by atoms with Crippen LogP contribution < -0.4 is 19.7 Å². The van der Waals surface area contributed by atoms with Crippen molar-refractivity contribution < 1.29 is 19.1 Å². The number of rotatable bonds is 5. The number of ether oxygens (including phenoxy) is 2. The molecule has 186 valence electrons. The molecule has 1 heterocycles. The van der Waals surface area contributed by atoms with Crippen molar-refractivity contribution in [1.29, 1.82) is 0 Å². The maximum Gasteiger partial charge on any atom is 0.426 e. The third-order valence-electron chi connectivity index (χ3n) is 7.58. The fourth-order valence-corrected chi connectivity index (χ4v) is 5.17. The van der Waals surface area contributed by atoms with Gasteiger partial charge in [0.15, 0.2) is 0 Å². The number of carbonyl (C=O) groups is 2. The summed E-state index contributed by atoms with van der Waals surface area (Å²) < 4.78 is 12.5. The van der Waals surface area contributed by atoms with Crippen LogP contribution in [0.4, 0.5) is 16.2 Å². The SMILES string of the molecule is Cc1c(C)c2c(c(C)c1OC(=O)N(C(=O)CNc1ccccc1)c1ccccc1)CCC1(CCC1)O2. The van der Waals surface area contributed by atoms with Gasteiger partial charge in [0.05, 0.1) is 12.2 Å². The van der Waals surface area contributed by atoms with Crippen LogP contribution in [0.3, 0.4) is 0 Å². The minimum Gasteiger partial charge on any atom is -0.487 e. The Bertz CT molecular complexity index is 1280. The summed E-state index contributed by atoms with van der Waals surface area (Å²) in [5.74, 6) is 1.04. The molecular formula is C30H32N2O4. The average Bonchev–Trinajstić information content (AvgIpc) is 2.89. The zero-order valence-corrected chi connectivity index (χ0v) is 21.1. The van der Waals surface area contributed by atoms with Gasteiger partial charge in [-0.15, -0.1) is 0 Å². The van der Waals surface area contributed by atoms with E-state index in [-0.39, 0.29) is 12.1 Å². The molecule has 0 atom stereocenters. The van der Waals surface area contributed by atoms with Crippen molar-refractivity contribution in [3.8, 4) is 11.5 Å². The number of hydrogen-bond donors (Lipinski definition) is 1. The normalized spacial score (nSPS) is 15.3. The Kier molecular flexibility index (Phi) is 6.44. The fourth-order valence-electron chi connectivity index (χ4n) is 5.17. The number of fused-ring (bicyclic) bond motifs is 1. The lowest BCUT2D eigenvalue weighted by Gasteiger charge is -2.46. The summed E-state index contributed by atoms with van der Waals surface area (Å²) in [6.07, 6.45) is 4.58. The van der Waals surface area contributed by atoms with Crippen LogP contribution in [0.1, 0.15) is 47.9 Å². The van der Waals surface area contributed by atoms with Crippen molar-refractivity contribution in [1.82, 2.24) is 0 Å². The standard InChI is InChI=1S/C30H32N2O4/c1-20-21(2)28-25(15-18-30(36-28)16-10-17-30)22(3)27(20)35-29(34)32(24-13-8-5-9-14-24)26(33)19-31-23-11-6-4-7-12-23/h4-9,11-14,31H,10,15-19H2,1-3H3. The van der Waals surface area contributed by atoms with Gasteiger partial charge >= 0.3 is 6.09 Å². The largest absolute Gasteiger partial charge is 0.487 e. The zero-order valence-electron chi connectivity index (χ0n) is 21.1. The van der Waals surface area contributed by atoms with Crippen molar-refractivity contribution in [3.63, 3.8) is 0 Å². The lowest BCUT2D eigenvalue weighted by atomic mass is 9.73. The molecule has 1 N–H and O–H groups in total. The van der Waals surface area contributed by atoms with Crippen molar-refractivity contribution in [2.45, 2.75) is 58.5 Å². The number of benzene rings is 3. The van der Waals surface area contributed by atoms with E-state index >= 15 is 0 Å². The van der Waals surface area contributed by atoms with E-state index in [1.54, 1.807) is 24.3 Å². The fraction of sp³-hybridized carbons (Fsp3) is 0.333. The number of nitrogens with zero attached hydrogens (tertiary/aromatic N) is 1. The van der Waals surface area contributed by atoms with Crippen molar-refractivity contribution in [2.75, 3.05) is 16.8 Å². The molecule has 0 radical (unpaired) electrons. The maximum absolute atomic E-state index is 13.5. The Morgan fingerprint density at radius 2 is 1.58 bits per heavy atom. The highest BCUT2D eigenvalue weighted by molar-refractivity contribution is 6.14. The van der Waals surface area contributed by atoms with E-state index in [1.807, 2.05) is 57.2 Å². The second-order valence-corrected chi connectivity index (χ2v) is 9.80. The first-order valence-electron chi connectivity index (χ1n) is 12.6. The van der Waals surface area contributed by atoms with Gasteiger partial charge in [0.2, 0.25) is 0 Å². The Morgan fingerprint density at radius 3 is 2.22 bits per heavy atom. The summed E-state index contributed by atoms with van der Waals surface area (Å²) in [6, 6.07) is 18.3. The Morgan fingerprint density at radius 1 is 0.917 bits per heavy atom. The van der Waals surface area contributed by atoms with Gasteiger partial charge in [0, 0.05) is 11.3 Å². The smallest absolute Gasteiger partial charge is 0.426 e. The summed E-state index contributed by atoms with van der Waals surface area (Å²) in [6.45, 7) is 5.89. The molecule has 36 heavy (non-hydrogen) atoms. The zero-order chi connectivity index (χ0) is 25.3. The third-order valence-corrected chi connectivity index (χ3v) is 7.58. The third kappa shape index (κ3) is 4.43. The molecular weight excluding hydrogens is 452 g/mol. The number of para-hydroxylation sites is 2. The van der Waals surface area contributed by atoms with Crippen LogP contribution >= 0.6 is 0 Å². The molecule has 1 spiro atoms. The van der Waals surface area contributed by atoms with Crippen LogP contribution in [0, 0.1) is 20.8 Å². The second kappa shape index (κ2) is 9.69. The maximum atomic E-state index is 13.5. The summed E-state index contributed by atoms with van der Waals surface area (Å²) >= 11 is 0. The second-order valence-electron chi connectivity index (χ2n) is 9.80. The molecule has 0 unspecified atom stereocenters. The summed E-state index contributed by atoms with van der Waals surface area (Å²) in [5, 5.41) is 3.09. The van der Waals surface area contributed by atoms with Crippen LogP contribution in [-0.4, -0.2) is 24.1 Å². The van der Waals surface area contributed by atoms with Crippen LogP contribution in [0.15, 0.2) is 60.7 Å². The number of hydrogen-bond acceptors (Lipinski definition) is 5. The topological polar surface area (TPSA) is 67.9 Å². The molecule has 1 saturated carbocycles. The first-order chi connectivity index (χ1) is 17.4. The summed E-state index contributed by atoms with van der Waals surface area (Å²) in [7, 11) is 0. The molecule has 1 fully saturated rings. The number of anilines is 2. The predicted molar refractivity (Wildman–Crippen MR) is 141 cm³/mol. The van der Waals surface area contributed by atoms with Gasteiger partial charge in [-0.05, 0) is 93.8 Å². The predicted octanol–water partition coefficient (Wildman–Crippen LogP) is 6.50. The van der Waals surface area contributed by atoms with Gasteiger partial charge in [-0.3, -0.25) is 4.79 Å².